The Morgan fingerprint density at radius 2 is 2.24 bits per heavy atom. The number of nitrogens with two attached hydrogens (primary N) is 1. The highest BCUT2D eigenvalue weighted by atomic mass is 16.5. The van der Waals surface area contributed by atoms with Gasteiger partial charge in [0.05, 0.1) is 18.2 Å². The zero-order chi connectivity index (χ0) is 14.9. The molecule has 120 valence electrons. The van der Waals surface area contributed by atoms with Crippen LogP contribution in [0.1, 0.15) is 58.8 Å². The van der Waals surface area contributed by atoms with Gasteiger partial charge in [-0.15, -0.1) is 0 Å². The normalized spacial score (nSPS) is 36.7. The van der Waals surface area contributed by atoms with Crippen molar-refractivity contribution in [2.45, 2.75) is 70.4 Å². The maximum absolute atomic E-state index is 6.23. The standard InChI is InChI=1S/C17H31N3O/c1-13(2)9-14-5-3-7-17(10-14)12-19-16(18)20(17)11-15-6-4-8-21-15/h13-15H,3-12H2,1-2H3,(H2,18,19). The molecule has 4 heteroatoms. The molecule has 1 aliphatic carbocycles. The van der Waals surface area contributed by atoms with Crippen molar-refractivity contribution < 1.29 is 4.74 Å². The number of aliphatic imine (C=N–C) groups is 1. The molecule has 1 saturated carbocycles. The van der Waals surface area contributed by atoms with E-state index < -0.39 is 0 Å². The van der Waals surface area contributed by atoms with Crippen LogP contribution in [0, 0.1) is 11.8 Å². The van der Waals surface area contributed by atoms with Gasteiger partial charge < -0.3 is 15.4 Å². The lowest BCUT2D eigenvalue weighted by Crippen LogP contribution is -2.56. The molecule has 3 rings (SSSR count). The third kappa shape index (κ3) is 3.20. The summed E-state index contributed by atoms with van der Waals surface area (Å²) in [6.07, 6.45) is 9.29. The first-order valence-electron chi connectivity index (χ1n) is 8.78. The molecular weight excluding hydrogens is 262 g/mol. The van der Waals surface area contributed by atoms with E-state index in [2.05, 4.69) is 23.7 Å². The molecule has 1 spiro atoms. The third-order valence-corrected chi connectivity index (χ3v) is 5.52. The Bertz CT molecular complexity index is 389. The van der Waals surface area contributed by atoms with E-state index in [9.17, 15) is 0 Å². The molecule has 4 nitrogen and oxygen atoms in total. The second-order valence-electron chi connectivity index (χ2n) is 7.74. The molecule has 2 aliphatic heterocycles. The summed E-state index contributed by atoms with van der Waals surface area (Å²) in [5, 5.41) is 0. The van der Waals surface area contributed by atoms with Crippen molar-refractivity contribution in [3.63, 3.8) is 0 Å². The lowest BCUT2D eigenvalue weighted by atomic mass is 9.72. The number of guanidine groups is 1. The maximum Gasteiger partial charge on any atom is 0.191 e. The van der Waals surface area contributed by atoms with E-state index in [1.165, 1.54) is 44.9 Å². The van der Waals surface area contributed by atoms with Gasteiger partial charge in [0, 0.05) is 13.2 Å². The van der Waals surface area contributed by atoms with Crippen LogP contribution in [0.25, 0.3) is 0 Å². The van der Waals surface area contributed by atoms with Crippen LogP contribution in [-0.4, -0.2) is 42.2 Å². The second kappa shape index (κ2) is 6.15. The molecule has 2 heterocycles. The van der Waals surface area contributed by atoms with E-state index in [1.54, 1.807) is 0 Å². The molecule has 3 atom stereocenters. The molecule has 2 N–H and O–H groups in total. The Hall–Kier alpha value is -0.770. The minimum atomic E-state index is 0.202. The fourth-order valence-corrected chi connectivity index (χ4v) is 4.64. The minimum Gasteiger partial charge on any atom is -0.376 e. The van der Waals surface area contributed by atoms with E-state index in [1.807, 2.05) is 0 Å². The van der Waals surface area contributed by atoms with Crippen LogP contribution in [0.4, 0.5) is 0 Å². The van der Waals surface area contributed by atoms with Gasteiger partial charge in [0.25, 0.3) is 0 Å². The molecular formula is C17H31N3O. The SMILES string of the molecule is CC(C)CC1CCCC2(CN=C(N)N2CC2CCCO2)C1. The first-order valence-corrected chi connectivity index (χ1v) is 8.78. The average Bonchev–Trinajstić information content (AvgIpc) is 3.03. The Morgan fingerprint density at radius 1 is 1.38 bits per heavy atom. The van der Waals surface area contributed by atoms with Gasteiger partial charge in [0.1, 0.15) is 0 Å². The topological polar surface area (TPSA) is 50.8 Å². The average molecular weight is 293 g/mol. The predicted octanol–water partition coefficient (Wildman–Crippen LogP) is 2.77. The van der Waals surface area contributed by atoms with E-state index in [0.717, 1.165) is 37.5 Å². The van der Waals surface area contributed by atoms with Crippen LogP contribution in [-0.2, 0) is 4.74 Å². The molecule has 3 unspecified atom stereocenters. The van der Waals surface area contributed by atoms with Gasteiger partial charge in [0.2, 0.25) is 0 Å². The lowest BCUT2D eigenvalue weighted by molar-refractivity contribution is 0.0402. The number of ether oxygens (including phenoxy) is 1. The molecule has 0 aromatic heterocycles. The number of hydrogen-bond donors (Lipinski definition) is 1. The Kier molecular flexibility index (Phi) is 4.43. The van der Waals surface area contributed by atoms with Gasteiger partial charge in [-0.25, -0.2) is 0 Å². The number of hydrogen-bond acceptors (Lipinski definition) is 4. The van der Waals surface area contributed by atoms with Gasteiger partial charge in [-0.3, -0.25) is 4.99 Å². The molecule has 2 fully saturated rings. The molecule has 0 aromatic carbocycles. The quantitative estimate of drug-likeness (QED) is 0.867. The van der Waals surface area contributed by atoms with E-state index in [-0.39, 0.29) is 5.54 Å². The van der Waals surface area contributed by atoms with Crippen molar-refractivity contribution in [3.8, 4) is 0 Å². The minimum absolute atomic E-state index is 0.202. The summed E-state index contributed by atoms with van der Waals surface area (Å²) in [5.41, 5.74) is 6.43. The largest absolute Gasteiger partial charge is 0.376 e. The Morgan fingerprint density at radius 3 is 2.95 bits per heavy atom. The van der Waals surface area contributed by atoms with Gasteiger partial charge >= 0.3 is 0 Å². The highest BCUT2D eigenvalue weighted by Gasteiger charge is 2.46. The summed E-state index contributed by atoms with van der Waals surface area (Å²) in [6.45, 7) is 7.44. The predicted molar refractivity (Wildman–Crippen MR) is 86.3 cm³/mol. The fourth-order valence-electron chi connectivity index (χ4n) is 4.64. The molecule has 3 aliphatic rings. The van der Waals surface area contributed by atoms with Crippen LogP contribution in [0.15, 0.2) is 4.99 Å². The lowest BCUT2D eigenvalue weighted by Gasteiger charge is -2.46. The van der Waals surface area contributed by atoms with E-state index in [4.69, 9.17) is 10.5 Å². The first-order chi connectivity index (χ1) is 10.1. The summed E-state index contributed by atoms with van der Waals surface area (Å²) < 4.78 is 5.84. The summed E-state index contributed by atoms with van der Waals surface area (Å²) in [7, 11) is 0. The van der Waals surface area contributed by atoms with Crippen LogP contribution < -0.4 is 5.73 Å². The third-order valence-electron chi connectivity index (χ3n) is 5.52. The van der Waals surface area contributed by atoms with Gasteiger partial charge in [-0.05, 0) is 43.9 Å². The summed E-state index contributed by atoms with van der Waals surface area (Å²) in [6, 6.07) is 0. The zero-order valence-corrected chi connectivity index (χ0v) is 13.7. The smallest absolute Gasteiger partial charge is 0.191 e. The number of nitrogens with zero attached hydrogens (tertiary/aromatic N) is 2. The second-order valence-corrected chi connectivity index (χ2v) is 7.74. The Labute approximate surface area is 129 Å². The molecule has 0 bridgehead atoms. The van der Waals surface area contributed by atoms with Crippen molar-refractivity contribution in [3.05, 3.63) is 0 Å². The fraction of sp³-hybridized carbons (Fsp3) is 0.941. The molecule has 1 saturated heterocycles. The van der Waals surface area contributed by atoms with Crippen LogP contribution in [0.3, 0.4) is 0 Å². The van der Waals surface area contributed by atoms with Crippen molar-refractivity contribution in [2.24, 2.45) is 22.6 Å². The highest BCUT2D eigenvalue weighted by molar-refractivity contribution is 5.81. The number of rotatable bonds is 4. The van der Waals surface area contributed by atoms with Gasteiger partial charge in [0.15, 0.2) is 5.96 Å². The summed E-state index contributed by atoms with van der Waals surface area (Å²) in [5.74, 6) is 2.39. The van der Waals surface area contributed by atoms with Crippen molar-refractivity contribution in [2.75, 3.05) is 19.7 Å². The molecule has 21 heavy (non-hydrogen) atoms. The molecule has 0 amide bonds. The maximum atomic E-state index is 6.23. The van der Waals surface area contributed by atoms with Crippen LogP contribution in [0.2, 0.25) is 0 Å². The zero-order valence-electron chi connectivity index (χ0n) is 13.7. The first kappa shape index (κ1) is 15.1. The van der Waals surface area contributed by atoms with Gasteiger partial charge in [-0.2, -0.15) is 0 Å². The van der Waals surface area contributed by atoms with Crippen molar-refractivity contribution in [1.82, 2.24) is 4.90 Å². The van der Waals surface area contributed by atoms with Crippen molar-refractivity contribution in [1.29, 1.82) is 0 Å². The molecule has 0 aromatic rings. The van der Waals surface area contributed by atoms with E-state index in [0.29, 0.717) is 6.10 Å². The summed E-state index contributed by atoms with van der Waals surface area (Å²) in [4.78, 5) is 7.03. The highest BCUT2D eigenvalue weighted by Crippen LogP contribution is 2.42. The molecule has 0 radical (unpaired) electrons. The van der Waals surface area contributed by atoms with Crippen molar-refractivity contribution >= 4 is 5.96 Å². The van der Waals surface area contributed by atoms with Crippen LogP contribution in [0.5, 0.6) is 0 Å². The van der Waals surface area contributed by atoms with E-state index >= 15 is 0 Å². The Balaban J connectivity index is 1.69. The van der Waals surface area contributed by atoms with Gasteiger partial charge in [-0.1, -0.05) is 26.7 Å². The monoisotopic (exact) mass is 293 g/mol. The summed E-state index contributed by atoms with van der Waals surface area (Å²) >= 11 is 0. The van der Waals surface area contributed by atoms with Crippen LogP contribution >= 0.6 is 0 Å².